The second-order valence-corrected chi connectivity index (χ2v) is 5.12. The van der Waals surface area contributed by atoms with Gasteiger partial charge in [0.1, 0.15) is 0 Å². The van der Waals surface area contributed by atoms with Gasteiger partial charge in [0.05, 0.1) is 21.4 Å². The quantitative estimate of drug-likeness (QED) is 0.856. The summed E-state index contributed by atoms with van der Waals surface area (Å²) >= 11 is 12.4. The molecule has 0 atom stereocenters. The first-order valence-corrected chi connectivity index (χ1v) is 6.82. The molecule has 2 N–H and O–H groups in total. The van der Waals surface area contributed by atoms with E-state index < -0.39 is 0 Å². The fourth-order valence-electron chi connectivity index (χ4n) is 1.98. The van der Waals surface area contributed by atoms with Crippen molar-refractivity contribution in [3.8, 4) is 0 Å². The van der Waals surface area contributed by atoms with Crippen LogP contribution in [-0.4, -0.2) is 14.1 Å². The molecule has 0 aliphatic carbocycles. The summed E-state index contributed by atoms with van der Waals surface area (Å²) < 4.78 is 0. The van der Waals surface area contributed by atoms with Crippen LogP contribution in [0.2, 0.25) is 10.0 Å². The molecule has 0 aliphatic rings. The van der Waals surface area contributed by atoms with Gasteiger partial charge in [-0.3, -0.25) is 0 Å². The molecule has 2 aromatic carbocycles. The van der Waals surface area contributed by atoms with E-state index >= 15 is 0 Å². The van der Waals surface area contributed by atoms with Crippen LogP contribution in [0.1, 0.15) is 11.1 Å². The van der Waals surface area contributed by atoms with Crippen LogP contribution in [0.5, 0.6) is 0 Å². The molecule has 2 aromatic rings. The summed E-state index contributed by atoms with van der Waals surface area (Å²) in [6, 6.07) is 12.1. The Labute approximate surface area is 123 Å². The molecule has 0 saturated carbocycles. The highest BCUT2D eigenvalue weighted by atomic mass is 35.5. The Balaban J connectivity index is 2.21. The van der Waals surface area contributed by atoms with Crippen LogP contribution in [0.25, 0.3) is 0 Å². The van der Waals surface area contributed by atoms with Crippen LogP contribution >= 0.6 is 23.2 Å². The molecular weight excluding hydrogens is 279 g/mol. The Hall–Kier alpha value is -1.38. The van der Waals surface area contributed by atoms with Crippen LogP contribution in [-0.2, 0) is 6.42 Å². The number of nitrogens with one attached hydrogen (secondary N) is 2. The van der Waals surface area contributed by atoms with Crippen molar-refractivity contribution in [1.29, 1.82) is 0 Å². The smallest absolute Gasteiger partial charge is 0.0640 e. The lowest BCUT2D eigenvalue weighted by Gasteiger charge is -2.09. The predicted octanol–water partition coefficient (Wildman–Crippen LogP) is 4.67. The summed E-state index contributed by atoms with van der Waals surface area (Å²) in [5, 5.41) is 7.57. The van der Waals surface area contributed by atoms with E-state index in [-0.39, 0.29) is 0 Å². The molecule has 100 valence electrons. The normalized spacial score (nSPS) is 10.3. The molecule has 2 rings (SSSR count). The van der Waals surface area contributed by atoms with Gasteiger partial charge in [-0.25, -0.2) is 0 Å². The van der Waals surface area contributed by atoms with Crippen molar-refractivity contribution in [3.63, 3.8) is 0 Å². The lowest BCUT2D eigenvalue weighted by molar-refractivity contribution is 1.19. The molecule has 0 spiro atoms. The van der Waals surface area contributed by atoms with Crippen molar-refractivity contribution in [2.45, 2.75) is 6.42 Å². The SMILES string of the molecule is CNc1ccc(Cc2ccc(NC)c(Cl)c2)cc1Cl. The maximum atomic E-state index is 6.18. The van der Waals surface area contributed by atoms with Gasteiger partial charge in [-0.05, 0) is 41.8 Å². The van der Waals surface area contributed by atoms with Crippen LogP contribution in [0.4, 0.5) is 11.4 Å². The first-order valence-electron chi connectivity index (χ1n) is 6.06. The second-order valence-electron chi connectivity index (χ2n) is 4.31. The Morgan fingerprint density at radius 2 is 1.21 bits per heavy atom. The van der Waals surface area contributed by atoms with Gasteiger partial charge in [0, 0.05) is 14.1 Å². The van der Waals surface area contributed by atoms with Crippen LogP contribution in [0.3, 0.4) is 0 Å². The highest BCUT2D eigenvalue weighted by Gasteiger charge is 2.04. The number of benzene rings is 2. The average Bonchev–Trinajstić information content (AvgIpc) is 2.39. The maximum absolute atomic E-state index is 6.18. The summed E-state index contributed by atoms with van der Waals surface area (Å²) in [6.07, 6.45) is 0.813. The van der Waals surface area contributed by atoms with Crippen molar-refractivity contribution < 1.29 is 0 Å². The minimum absolute atomic E-state index is 0.734. The van der Waals surface area contributed by atoms with Gasteiger partial charge in [0.15, 0.2) is 0 Å². The zero-order valence-corrected chi connectivity index (χ0v) is 12.4. The summed E-state index contributed by atoms with van der Waals surface area (Å²) in [7, 11) is 3.72. The Bertz CT molecular complexity index is 531. The Morgan fingerprint density at radius 3 is 1.53 bits per heavy atom. The zero-order chi connectivity index (χ0) is 13.8. The van der Waals surface area contributed by atoms with E-state index in [2.05, 4.69) is 22.8 Å². The van der Waals surface area contributed by atoms with E-state index in [0.717, 1.165) is 39.0 Å². The van der Waals surface area contributed by atoms with E-state index in [1.54, 1.807) is 0 Å². The Kier molecular flexibility index (Phi) is 4.56. The number of halogens is 2. The van der Waals surface area contributed by atoms with Gasteiger partial charge in [0.2, 0.25) is 0 Å². The molecule has 0 saturated heterocycles. The molecule has 0 amide bonds. The standard InChI is InChI=1S/C15H16Cl2N2/c1-18-14-5-3-10(8-12(14)16)7-11-4-6-15(19-2)13(17)9-11/h3-6,8-9,18-19H,7H2,1-2H3. The van der Waals surface area contributed by atoms with Crippen LogP contribution in [0, 0.1) is 0 Å². The van der Waals surface area contributed by atoms with Crippen molar-refractivity contribution in [1.82, 2.24) is 0 Å². The first kappa shape index (κ1) is 14.0. The van der Waals surface area contributed by atoms with E-state index in [0.29, 0.717) is 0 Å². The fraction of sp³-hybridized carbons (Fsp3) is 0.200. The topological polar surface area (TPSA) is 24.1 Å². The van der Waals surface area contributed by atoms with Crippen molar-refractivity contribution in [2.75, 3.05) is 24.7 Å². The minimum atomic E-state index is 0.734. The van der Waals surface area contributed by atoms with Crippen LogP contribution < -0.4 is 10.6 Å². The summed E-state index contributed by atoms with van der Waals surface area (Å²) in [6.45, 7) is 0. The molecular formula is C15H16Cl2N2. The molecule has 2 nitrogen and oxygen atoms in total. The summed E-state index contributed by atoms with van der Waals surface area (Å²) in [4.78, 5) is 0. The highest BCUT2D eigenvalue weighted by molar-refractivity contribution is 6.33. The number of hydrogen-bond acceptors (Lipinski definition) is 2. The Morgan fingerprint density at radius 1 is 0.789 bits per heavy atom. The number of rotatable bonds is 4. The lowest BCUT2D eigenvalue weighted by Crippen LogP contribution is -1.94. The zero-order valence-electron chi connectivity index (χ0n) is 10.9. The van der Waals surface area contributed by atoms with Crippen molar-refractivity contribution in [3.05, 3.63) is 57.6 Å². The number of hydrogen-bond donors (Lipinski definition) is 2. The third-order valence-electron chi connectivity index (χ3n) is 3.01. The van der Waals surface area contributed by atoms with Gasteiger partial charge < -0.3 is 10.6 Å². The average molecular weight is 295 g/mol. The lowest BCUT2D eigenvalue weighted by atomic mass is 10.0. The first-order chi connectivity index (χ1) is 9.13. The number of anilines is 2. The van der Waals surface area contributed by atoms with Gasteiger partial charge >= 0.3 is 0 Å². The third kappa shape index (κ3) is 3.34. The highest BCUT2D eigenvalue weighted by Crippen LogP contribution is 2.26. The van der Waals surface area contributed by atoms with Gasteiger partial charge in [-0.2, -0.15) is 0 Å². The molecule has 0 heterocycles. The molecule has 0 unspecified atom stereocenters. The van der Waals surface area contributed by atoms with Crippen molar-refractivity contribution in [2.24, 2.45) is 0 Å². The van der Waals surface area contributed by atoms with Gasteiger partial charge in [-0.1, -0.05) is 35.3 Å². The van der Waals surface area contributed by atoms with Gasteiger partial charge in [-0.15, -0.1) is 0 Å². The predicted molar refractivity (Wildman–Crippen MR) is 84.8 cm³/mol. The van der Waals surface area contributed by atoms with Crippen LogP contribution in [0.15, 0.2) is 36.4 Å². The van der Waals surface area contributed by atoms with E-state index in [1.165, 1.54) is 0 Å². The van der Waals surface area contributed by atoms with E-state index in [1.807, 2.05) is 38.4 Å². The molecule has 0 aliphatic heterocycles. The van der Waals surface area contributed by atoms with E-state index in [4.69, 9.17) is 23.2 Å². The summed E-state index contributed by atoms with van der Waals surface area (Å²) in [5.41, 5.74) is 4.21. The molecule has 0 fully saturated rings. The molecule has 4 heteroatoms. The van der Waals surface area contributed by atoms with Crippen molar-refractivity contribution >= 4 is 34.6 Å². The molecule has 19 heavy (non-hydrogen) atoms. The summed E-state index contributed by atoms with van der Waals surface area (Å²) in [5.74, 6) is 0. The largest absolute Gasteiger partial charge is 0.387 e. The van der Waals surface area contributed by atoms with E-state index in [9.17, 15) is 0 Å². The fourth-order valence-corrected chi connectivity index (χ4v) is 2.57. The monoisotopic (exact) mass is 294 g/mol. The molecule has 0 radical (unpaired) electrons. The molecule has 0 aromatic heterocycles. The molecule has 0 bridgehead atoms. The third-order valence-corrected chi connectivity index (χ3v) is 3.64. The second kappa shape index (κ2) is 6.18. The minimum Gasteiger partial charge on any atom is -0.387 e. The maximum Gasteiger partial charge on any atom is 0.0640 e. The van der Waals surface area contributed by atoms with Gasteiger partial charge in [0.25, 0.3) is 0 Å².